The number of hydrogen-bond donors (Lipinski definition) is 30. The van der Waals surface area contributed by atoms with Gasteiger partial charge in [-0.3, -0.25) is 106 Å². The van der Waals surface area contributed by atoms with Gasteiger partial charge in [0.15, 0.2) is 5.96 Å². The number of amides is 18. The van der Waals surface area contributed by atoms with Gasteiger partial charge in [0.1, 0.15) is 102 Å². The Morgan fingerprint density at radius 2 is 0.682 bits per heavy atom. The minimum absolute atomic E-state index is 0.0477. The van der Waals surface area contributed by atoms with Crippen LogP contribution < -0.4 is 113 Å². The second-order valence-electron chi connectivity index (χ2n) is 36.3. The highest BCUT2D eigenvalue weighted by atomic mass is 32.2. The fourth-order valence-electron chi connectivity index (χ4n) is 14.8. The van der Waals surface area contributed by atoms with Gasteiger partial charge in [0.05, 0.1) is 51.9 Å². The first kappa shape index (κ1) is 122. The van der Waals surface area contributed by atoms with Crippen LogP contribution in [0.3, 0.4) is 0 Å². The number of rotatable bonds is 64. The van der Waals surface area contributed by atoms with Crippen molar-refractivity contribution in [3.05, 3.63) is 126 Å². The second-order valence-corrected chi connectivity index (χ2v) is 37.3. The van der Waals surface area contributed by atoms with Gasteiger partial charge in [-0.2, -0.15) is 11.8 Å². The molecule has 0 aliphatic rings. The molecule has 0 unspecified atom stereocenters. The summed E-state index contributed by atoms with van der Waals surface area (Å²) >= 11 is 1.22. The third-order valence-electron chi connectivity index (χ3n) is 22.4. The highest BCUT2D eigenvalue weighted by Crippen LogP contribution is 2.23. The van der Waals surface area contributed by atoms with E-state index in [0.717, 1.165) is 0 Å². The van der Waals surface area contributed by atoms with Gasteiger partial charge in [0.25, 0.3) is 0 Å². The molecule has 0 radical (unpaired) electrons. The van der Waals surface area contributed by atoms with Crippen LogP contribution in [0, 0.1) is 29.1 Å². The SMILES string of the molecule is CSCC[C@H](NC(=O)CNC(=O)[C@H](Cc1ccc(O)cc1)NC(=O)[C@H](Cc1ccc(O)cc1)NC(=O)[C@H](Cc1ccc(O)cc1)NC(=O)[C@H](CC(=O)O)NC(=O)[C@@H](NC(=O)[C@H](CC(=O)O)NC(=O)[C@H](CC(N)=O)NC(=O)[C@H](Cc1c[nH]c2ccccc12)NC(=O)CNC(=O)CNC(=O)[C@H](CCCNC(=N)N)NC(=O)[C@H](CC(C)C)NC(=O)[C@H](CC(C)C)NC(=O)CN)C(C)C)C(=O)N[C@@H](CC(=O)O)C(=O)N[C@H](C(=O)O)C(C)C. The maximum absolute atomic E-state index is 15.1. The molecular weight excluding hydrogens is 1960 g/mol. The van der Waals surface area contributed by atoms with Gasteiger partial charge >= 0.3 is 23.9 Å². The number of carboxylic acids is 4. The number of nitrogens with one attached hydrogen (secondary N) is 20. The lowest BCUT2D eigenvalue weighted by Crippen LogP contribution is -2.62. The molecule has 53 heteroatoms. The summed E-state index contributed by atoms with van der Waals surface area (Å²) in [5.74, 6) is -29.9. The van der Waals surface area contributed by atoms with Crippen LogP contribution >= 0.6 is 11.8 Å². The number of H-pyrrole nitrogens is 1. The summed E-state index contributed by atoms with van der Waals surface area (Å²) in [7, 11) is 0. The Morgan fingerprint density at radius 3 is 1.09 bits per heavy atom. The third kappa shape index (κ3) is 43.7. The minimum atomic E-state index is -2.25. The lowest BCUT2D eigenvalue weighted by Gasteiger charge is -2.29. The smallest absolute Gasteiger partial charge is 0.326 e. The number of aromatic hydroxyl groups is 3. The first-order chi connectivity index (χ1) is 69.7. The number of para-hydroxylation sites is 1. The van der Waals surface area contributed by atoms with Crippen molar-refractivity contribution in [1.29, 1.82) is 5.41 Å². The first-order valence-electron chi connectivity index (χ1n) is 47.1. The Balaban J connectivity index is 1.39. The maximum Gasteiger partial charge on any atom is 0.326 e. The number of phenolic OH excluding ortho intramolecular Hbond substituents is 3. The van der Waals surface area contributed by atoms with Crippen molar-refractivity contribution in [2.75, 3.05) is 44.7 Å². The van der Waals surface area contributed by atoms with E-state index in [-0.39, 0.29) is 90.2 Å². The van der Waals surface area contributed by atoms with E-state index in [2.05, 4.69) is 101 Å². The number of fused-ring (bicyclic) bond motifs is 1. The van der Waals surface area contributed by atoms with Gasteiger partial charge in [-0.25, -0.2) is 4.79 Å². The Hall–Kier alpha value is -16.3. The molecule has 5 aromatic rings. The van der Waals surface area contributed by atoms with Crippen molar-refractivity contribution in [3.63, 3.8) is 0 Å². The summed E-state index contributed by atoms with van der Waals surface area (Å²) in [5, 5.41) is 122. The Labute approximate surface area is 854 Å². The van der Waals surface area contributed by atoms with Crippen molar-refractivity contribution >= 4 is 159 Å². The zero-order valence-electron chi connectivity index (χ0n) is 82.9. The van der Waals surface area contributed by atoms with Gasteiger partial charge < -0.3 is 154 Å². The molecule has 0 aliphatic carbocycles. The predicted octanol–water partition coefficient (Wildman–Crippen LogP) is -5.55. The number of carbonyl (C=O) groups excluding carboxylic acids is 18. The highest BCUT2D eigenvalue weighted by Gasteiger charge is 2.41. The lowest BCUT2D eigenvalue weighted by atomic mass is 9.99. The molecule has 52 nitrogen and oxygen atoms in total. The number of primary amides is 1. The number of phenols is 3. The molecule has 0 spiro atoms. The zero-order chi connectivity index (χ0) is 110. The van der Waals surface area contributed by atoms with Gasteiger partial charge in [0, 0.05) is 49.3 Å². The molecule has 4 aromatic carbocycles. The van der Waals surface area contributed by atoms with E-state index in [9.17, 15) is 132 Å². The molecule has 5 rings (SSSR count). The largest absolute Gasteiger partial charge is 0.508 e. The number of aromatic amines is 1. The van der Waals surface area contributed by atoms with Crippen LogP contribution in [0.1, 0.15) is 135 Å². The van der Waals surface area contributed by atoms with E-state index >= 15 is 9.59 Å². The Kier molecular flexibility index (Phi) is 50.5. The molecule has 14 atom stereocenters. The van der Waals surface area contributed by atoms with E-state index in [1.165, 1.54) is 118 Å². The molecule has 0 saturated heterocycles. The average molecular weight is 2090 g/mol. The van der Waals surface area contributed by atoms with Gasteiger partial charge in [-0.1, -0.05) is 110 Å². The highest BCUT2D eigenvalue weighted by molar-refractivity contribution is 7.98. The number of guanidine groups is 1. The van der Waals surface area contributed by atoms with E-state index < -0.39 is 310 Å². The van der Waals surface area contributed by atoms with Crippen LogP contribution in [0.15, 0.2) is 103 Å². The van der Waals surface area contributed by atoms with Crippen LogP contribution in [-0.4, -0.2) is 306 Å². The summed E-state index contributed by atoms with van der Waals surface area (Å²) in [6, 6.07) is -2.35. The van der Waals surface area contributed by atoms with Crippen molar-refractivity contribution in [2.45, 2.75) is 223 Å². The summed E-state index contributed by atoms with van der Waals surface area (Å²) in [6.45, 7) is 9.66. The first-order valence-corrected chi connectivity index (χ1v) is 48.5. The van der Waals surface area contributed by atoms with Crippen molar-refractivity contribution in [3.8, 4) is 17.2 Å². The summed E-state index contributed by atoms with van der Waals surface area (Å²) in [5.41, 5.74) is 18.1. The molecular formula is C95H133N23O29S. The summed E-state index contributed by atoms with van der Waals surface area (Å²) < 4.78 is 0. The van der Waals surface area contributed by atoms with E-state index in [0.29, 0.717) is 16.5 Å². The molecule has 1 heterocycles. The van der Waals surface area contributed by atoms with Crippen LogP contribution in [0.5, 0.6) is 17.2 Å². The van der Waals surface area contributed by atoms with Crippen molar-refractivity contribution < 1.29 is 141 Å². The van der Waals surface area contributed by atoms with Gasteiger partial charge in [-0.05, 0) is 133 Å². The van der Waals surface area contributed by atoms with Gasteiger partial charge in [0.2, 0.25) is 106 Å². The minimum Gasteiger partial charge on any atom is -0.508 e. The van der Waals surface area contributed by atoms with Crippen LogP contribution in [0.2, 0.25) is 0 Å². The molecule has 0 saturated carbocycles. The molecule has 148 heavy (non-hydrogen) atoms. The number of benzene rings is 4. The molecule has 0 aliphatic heterocycles. The number of thioether (sulfide) groups is 1. The van der Waals surface area contributed by atoms with Crippen LogP contribution in [0.4, 0.5) is 0 Å². The molecule has 808 valence electrons. The van der Waals surface area contributed by atoms with Crippen molar-refractivity contribution in [1.82, 2.24) is 101 Å². The fraction of sp³-hybridized carbons (Fsp3) is 0.484. The quantitative estimate of drug-likeness (QED) is 0.00981. The lowest BCUT2D eigenvalue weighted by molar-refractivity contribution is -0.145. The van der Waals surface area contributed by atoms with E-state index in [4.69, 9.17) is 22.6 Å². The fourth-order valence-corrected chi connectivity index (χ4v) is 15.3. The number of carboxylic acid groups (broad SMARTS) is 4. The molecule has 33 N–H and O–H groups in total. The van der Waals surface area contributed by atoms with Crippen LogP contribution in [0.25, 0.3) is 10.9 Å². The zero-order valence-corrected chi connectivity index (χ0v) is 83.7. The Morgan fingerprint density at radius 1 is 0.351 bits per heavy atom. The summed E-state index contributed by atoms with van der Waals surface area (Å²) in [4.78, 5) is 305. The van der Waals surface area contributed by atoms with Gasteiger partial charge in [-0.15, -0.1) is 0 Å². The molecule has 1 aromatic heterocycles. The number of hydrogen-bond acceptors (Lipinski definition) is 28. The Bertz CT molecular complexity index is 5510. The van der Waals surface area contributed by atoms with Crippen LogP contribution in [-0.2, 0) is 131 Å². The number of aromatic nitrogens is 1. The average Bonchev–Trinajstić information content (AvgIpc) is 1.66. The second kappa shape index (κ2) is 61.1. The molecule has 0 bridgehead atoms. The summed E-state index contributed by atoms with van der Waals surface area (Å²) in [6.07, 6.45) is -3.40. The predicted molar refractivity (Wildman–Crippen MR) is 531 cm³/mol. The standard InChI is InChI=1S/C95H133N23O29S/c1-46(2)31-61(106-72(123)41-96)84(136)109-62(32-47(3)4)85(137)108-59(15-12-29-100-95(98)99)81(133)103-43-73(124)102-44-74(125)107-66(36-53-42-101-58-14-11-10-13-57(53)58)88(140)113-67(37-71(97)122)89(141)115-69(39-77(129)130)91(143)117-79(48(5)6)93(145)116-68(38-76(127)128)90(142)112-65(35-52-20-26-56(121)27-21-52)87(139)111-64(34-51-18-24-55(120)25-19-51)86(138)110-63(33-50-16-22-54(119)23-17-50)82(134)104-45-75(126)105-60(28-30-148-9)83(135)114-70(40-78(131)132)92(144)118-80(49(7)8)94(146)147/h10-11,13-14,16-27,42,46-49,59-70,79-80,101,119-121H,12,15,28-41,43-45,96H2,1-9H3,(H2,97,122)(H,102,124)(H,103,133)(H,104,134)(H,105,126)(H,106,123)(H,107,125)(H,108,137)(H,109,136)(H,110,138)(H,111,139)(H,112,142)(H,113,140)(H,114,135)(H,115,141)(H,116,145)(H,117,143)(H,118,144)(H,127,128)(H,129,130)(H,131,132)(H,146,147)(H4,98,99,100)/t59-,60-,61-,62-,63-,64-,65-,66-,67-,68-,69-,70-,79-,80-/m0/s1. The monoisotopic (exact) mass is 2090 g/mol. The van der Waals surface area contributed by atoms with Crippen molar-refractivity contribution in [2.24, 2.45) is 40.9 Å². The van der Waals surface area contributed by atoms with E-state index in [1.807, 2.05) is 0 Å². The maximum atomic E-state index is 15.1. The third-order valence-corrected chi connectivity index (χ3v) is 23.0. The molecule has 0 fully saturated rings. The normalized spacial score (nSPS) is 13.9. The molecule has 18 amide bonds. The number of carbonyl (C=O) groups is 22. The number of aliphatic carboxylic acids is 4. The number of nitrogens with two attached hydrogens (primary N) is 3. The van der Waals surface area contributed by atoms with E-state index in [1.54, 1.807) is 58.2 Å². The topological polar surface area (TPSA) is 851 Å².